The first kappa shape index (κ1) is 13.8. The molecule has 2 aliphatic rings. The number of benzene rings is 1. The lowest BCUT2D eigenvalue weighted by Gasteiger charge is -2.45. The maximum absolute atomic E-state index is 12.3. The number of amides is 1. The number of hydrogen-bond acceptors (Lipinski definition) is 3. The second-order valence-corrected chi connectivity index (χ2v) is 7.07. The zero-order chi connectivity index (χ0) is 13.6. The zero-order valence-corrected chi connectivity index (χ0v) is 13.8. The Morgan fingerprint density at radius 3 is 3.11 bits per heavy atom. The van der Waals surface area contributed by atoms with E-state index in [1.807, 2.05) is 18.2 Å². The molecule has 0 spiro atoms. The molecule has 1 saturated heterocycles. The van der Waals surface area contributed by atoms with Crippen molar-refractivity contribution in [2.45, 2.75) is 24.6 Å². The van der Waals surface area contributed by atoms with Crippen LogP contribution in [0, 0.1) is 9.49 Å². The Labute approximate surface area is 133 Å². The Hall–Kier alpha value is -0.180. The van der Waals surface area contributed by atoms with Crippen molar-refractivity contribution in [3.05, 3.63) is 31.8 Å². The van der Waals surface area contributed by atoms with Crippen LogP contribution in [0.2, 0.25) is 0 Å². The molecule has 1 heterocycles. The molecular formula is C13H14BrIN2O2. The van der Waals surface area contributed by atoms with E-state index in [0.29, 0.717) is 11.5 Å². The van der Waals surface area contributed by atoms with Crippen LogP contribution in [0.4, 0.5) is 0 Å². The third-order valence-electron chi connectivity index (χ3n) is 3.92. The Morgan fingerprint density at radius 2 is 2.32 bits per heavy atom. The first-order valence-corrected chi connectivity index (χ1v) is 8.08. The molecule has 0 radical (unpaired) electrons. The fraction of sp³-hybridized carbons (Fsp3) is 0.462. The molecule has 0 bridgehead atoms. The predicted octanol–water partition coefficient (Wildman–Crippen LogP) is 1.90. The minimum absolute atomic E-state index is 0.0151. The number of carbonyl (C=O) groups is 1. The molecule has 4 unspecified atom stereocenters. The van der Waals surface area contributed by atoms with Crippen molar-refractivity contribution in [3.63, 3.8) is 0 Å². The number of fused-ring (bicyclic) bond motifs is 1. The summed E-state index contributed by atoms with van der Waals surface area (Å²) in [5, 5.41) is 3.01. The van der Waals surface area contributed by atoms with Gasteiger partial charge in [0, 0.05) is 26.6 Å². The van der Waals surface area contributed by atoms with Gasteiger partial charge < -0.3 is 15.8 Å². The quantitative estimate of drug-likeness (QED) is 0.696. The molecule has 6 heteroatoms. The van der Waals surface area contributed by atoms with E-state index in [0.717, 1.165) is 21.1 Å². The van der Waals surface area contributed by atoms with Crippen LogP contribution in [0.1, 0.15) is 16.8 Å². The van der Waals surface area contributed by atoms with Crippen molar-refractivity contribution in [3.8, 4) is 0 Å². The molecule has 2 fully saturated rings. The maximum Gasteiger partial charge on any atom is 0.252 e. The van der Waals surface area contributed by atoms with Gasteiger partial charge in [-0.05, 0) is 47.2 Å². The summed E-state index contributed by atoms with van der Waals surface area (Å²) in [6.45, 7) is 0.754. The van der Waals surface area contributed by atoms with Crippen LogP contribution in [0.5, 0.6) is 0 Å². The van der Waals surface area contributed by atoms with Crippen LogP contribution >= 0.6 is 38.5 Å². The van der Waals surface area contributed by atoms with Gasteiger partial charge in [-0.1, -0.05) is 15.9 Å². The summed E-state index contributed by atoms with van der Waals surface area (Å²) in [6, 6.07) is 5.61. The normalized spacial score (nSPS) is 32.6. The lowest BCUT2D eigenvalue weighted by atomic mass is 9.72. The SMILES string of the molecule is NC1C2CCOC2C1NC(=O)c1cc(Br)ccc1I. The summed E-state index contributed by atoms with van der Waals surface area (Å²) in [4.78, 5) is 12.3. The summed E-state index contributed by atoms with van der Waals surface area (Å²) in [7, 11) is 0. The monoisotopic (exact) mass is 436 g/mol. The summed E-state index contributed by atoms with van der Waals surface area (Å²) < 4.78 is 7.44. The Bertz CT molecular complexity index is 525. The van der Waals surface area contributed by atoms with Gasteiger partial charge in [0.1, 0.15) is 0 Å². The van der Waals surface area contributed by atoms with E-state index in [1.54, 1.807) is 0 Å². The lowest BCUT2D eigenvalue weighted by Crippen LogP contribution is -2.69. The highest BCUT2D eigenvalue weighted by molar-refractivity contribution is 14.1. The summed E-state index contributed by atoms with van der Waals surface area (Å²) in [6.07, 6.45) is 1.11. The largest absolute Gasteiger partial charge is 0.376 e. The van der Waals surface area contributed by atoms with Gasteiger partial charge in [-0.15, -0.1) is 0 Å². The Balaban J connectivity index is 1.73. The van der Waals surface area contributed by atoms with Gasteiger partial charge in [0.25, 0.3) is 5.91 Å². The molecular weight excluding hydrogens is 423 g/mol. The van der Waals surface area contributed by atoms with Crippen molar-refractivity contribution in [1.29, 1.82) is 0 Å². The predicted molar refractivity (Wildman–Crippen MR) is 83.9 cm³/mol. The average molecular weight is 437 g/mol. The highest BCUT2D eigenvalue weighted by Gasteiger charge is 2.52. The number of nitrogens with two attached hydrogens (primary N) is 1. The van der Waals surface area contributed by atoms with E-state index in [9.17, 15) is 4.79 Å². The molecule has 1 saturated carbocycles. The van der Waals surface area contributed by atoms with Gasteiger partial charge in [0.15, 0.2) is 0 Å². The number of nitrogens with one attached hydrogen (secondary N) is 1. The van der Waals surface area contributed by atoms with E-state index in [2.05, 4.69) is 43.8 Å². The minimum atomic E-state index is -0.0832. The lowest BCUT2D eigenvalue weighted by molar-refractivity contribution is -0.0161. The van der Waals surface area contributed by atoms with Crippen LogP contribution in [0.3, 0.4) is 0 Å². The van der Waals surface area contributed by atoms with Crippen LogP contribution in [-0.2, 0) is 4.74 Å². The summed E-state index contributed by atoms with van der Waals surface area (Å²) in [5.41, 5.74) is 6.77. The molecule has 1 aliphatic heterocycles. The van der Waals surface area contributed by atoms with Crippen LogP contribution in [0.25, 0.3) is 0 Å². The molecule has 1 aliphatic carbocycles. The molecule has 102 valence electrons. The summed E-state index contributed by atoms with van der Waals surface area (Å²) >= 11 is 5.55. The highest BCUT2D eigenvalue weighted by Crippen LogP contribution is 2.37. The van der Waals surface area contributed by atoms with E-state index in [1.165, 1.54) is 0 Å². The van der Waals surface area contributed by atoms with E-state index >= 15 is 0 Å². The van der Waals surface area contributed by atoms with Crippen LogP contribution in [0.15, 0.2) is 22.7 Å². The van der Waals surface area contributed by atoms with Crippen molar-refractivity contribution in [1.82, 2.24) is 5.32 Å². The van der Waals surface area contributed by atoms with Gasteiger partial charge in [0.2, 0.25) is 0 Å². The van der Waals surface area contributed by atoms with Crippen molar-refractivity contribution >= 4 is 44.4 Å². The second kappa shape index (κ2) is 5.31. The molecule has 19 heavy (non-hydrogen) atoms. The van der Waals surface area contributed by atoms with Gasteiger partial charge in [-0.2, -0.15) is 0 Å². The first-order chi connectivity index (χ1) is 9.08. The van der Waals surface area contributed by atoms with Gasteiger partial charge in [0.05, 0.1) is 17.7 Å². The van der Waals surface area contributed by atoms with E-state index in [-0.39, 0.29) is 24.1 Å². The molecule has 1 aromatic rings. The van der Waals surface area contributed by atoms with Crippen LogP contribution in [-0.4, -0.2) is 30.7 Å². The number of halogens is 2. The fourth-order valence-corrected chi connectivity index (χ4v) is 3.77. The number of ether oxygens (including phenoxy) is 1. The maximum atomic E-state index is 12.3. The van der Waals surface area contributed by atoms with Gasteiger partial charge in [-0.25, -0.2) is 0 Å². The minimum Gasteiger partial charge on any atom is -0.376 e. The molecule has 4 nitrogen and oxygen atoms in total. The fourth-order valence-electron chi connectivity index (χ4n) is 2.83. The smallest absolute Gasteiger partial charge is 0.252 e. The van der Waals surface area contributed by atoms with E-state index < -0.39 is 0 Å². The zero-order valence-electron chi connectivity index (χ0n) is 10.1. The highest BCUT2D eigenvalue weighted by atomic mass is 127. The third-order valence-corrected chi connectivity index (χ3v) is 5.35. The first-order valence-electron chi connectivity index (χ1n) is 6.21. The van der Waals surface area contributed by atoms with Gasteiger partial charge >= 0.3 is 0 Å². The average Bonchev–Trinajstić information content (AvgIpc) is 2.83. The number of hydrogen-bond donors (Lipinski definition) is 2. The number of carbonyl (C=O) groups excluding carboxylic acids is 1. The summed E-state index contributed by atoms with van der Waals surface area (Å²) in [5.74, 6) is 0.326. The van der Waals surface area contributed by atoms with Gasteiger partial charge in [-0.3, -0.25) is 4.79 Å². The topological polar surface area (TPSA) is 64.3 Å². The molecule has 3 N–H and O–H groups in total. The van der Waals surface area contributed by atoms with E-state index in [4.69, 9.17) is 10.5 Å². The number of rotatable bonds is 2. The van der Waals surface area contributed by atoms with Crippen molar-refractivity contribution in [2.75, 3.05) is 6.61 Å². The Morgan fingerprint density at radius 1 is 1.53 bits per heavy atom. The second-order valence-electron chi connectivity index (χ2n) is 4.99. The third kappa shape index (κ3) is 2.43. The molecule has 4 atom stereocenters. The Kier molecular flexibility index (Phi) is 3.85. The molecule has 3 rings (SSSR count). The van der Waals surface area contributed by atoms with Crippen molar-refractivity contribution < 1.29 is 9.53 Å². The van der Waals surface area contributed by atoms with Crippen molar-refractivity contribution in [2.24, 2.45) is 11.7 Å². The molecule has 1 amide bonds. The standard InChI is InChI=1S/C13H14BrIN2O2/c14-6-1-2-9(15)8(5-6)13(18)17-11-10(16)7-3-4-19-12(7)11/h1-2,5,7,10-12H,3-4,16H2,(H,17,18). The van der Waals surface area contributed by atoms with Crippen LogP contribution < -0.4 is 11.1 Å². The molecule has 1 aromatic carbocycles. The molecule has 0 aromatic heterocycles.